The van der Waals surface area contributed by atoms with Gasteiger partial charge in [0.05, 0.1) is 29.1 Å². The molecule has 1 saturated heterocycles. The van der Waals surface area contributed by atoms with Gasteiger partial charge in [-0.25, -0.2) is 8.78 Å². The number of benzene rings is 2. The second kappa shape index (κ2) is 9.88. The van der Waals surface area contributed by atoms with Crippen LogP contribution in [0.5, 0.6) is 0 Å². The molecule has 2 fully saturated rings. The first kappa shape index (κ1) is 25.2. The molecule has 1 aliphatic heterocycles. The number of nitrogens with one attached hydrogen (secondary N) is 1. The van der Waals surface area contributed by atoms with Gasteiger partial charge in [-0.15, -0.1) is 0 Å². The van der Waals surface area contributed by atoms with Crippen LogP contribution < -0.4 is 21.5 Å². The summed E-state index contributed by atoms with van der Waals surface area (Å²) in [6, 6.07) is 9.64. The molecule has 0 unspecified atom stereocenters. The number of amides is 1. The summed E-state index contributed by atoms with van der Waals surface area (Å²) in [6.45, 7) is 3.43. The number of carbonyl (C=O) groups excluding carboxylic acids is 1. The van der Waals surface area contributed by atoms with Crippen LogP contribution in [0.4, 0.5) is 20.2 Å². The molecule has 0 bridgehead atoms. The Labute approximate surface area is 223 Å². The topological polar surface area (TPSA) is 111 Å². The molecule has 6 rings (SSSR count). The Morgan fingerprint density at radius 2 is 1.77 bits per heavy atom. The average molecular weight is 534 g/mol. The van der Waals surface area contributed by atoms with Gasteiger partial charge in [0.25, 0.3) is 11.5 Å². The van der Waals surface area contributed by atoms with Gasteiger partial charge in [0.2, 0.25) is 0 Å². The standard InChI is InChI=1S/C28H29F2N7O2/c1-16-14-35(15-21(16)31)26-18-13-32-36(17-5-2-3-6-17)24(18)11-9-22(26)33-28(39)23-10-12-25(38)37(34-23)27-19(29)7-4-8-20(27)30/h4,7-13,16-17,21H,2-3,5-6,14-15,31H2,1H3,(H,33,39)/t16-,21+/m1/s1. The Kier molecular flexibility index (Phi) is 6.38. The molecule has 1 saturated carbocycles. The number of fused-ring (bicyclic) bond motifs is 1. The van der Waals surface area contributed by atoms with Crippen LogP contribution in [0.2, 0.25) is 0 Å². The lowest BCUT2D eigenvalue weighted by atomic mass is 10.1. The molecule has 2 atom stereocenters. The normalized spacial score (nSPS) is 19.7. The van der Waals surface area contributed by atoms with Crippen molar-refractivity contribution in [3.63, 3.8) is 0 Å². The quantitative estimate of drug-likeness (QED) is 0.401. The Morgan fingerprint density at radius 1 is 1.03 bits per heavy atom. The van der Waals surface area contributed by atoms with Crippen LogP contribution >= 0.6 is 0 Å². The molecule has 2 aromatic heterocycles. The molecule has 0 radical (unpaired) electrons. The highest BCUT2D eigenvalue weighted by Crippen LogP contribution is 2.40. The van der Waals surface area contributed by atoms with E-state index in [0.717, 1.165) is 47.6 Å². The van der Waals surface area contributed by atoms with E-state index in [9.17, 15) is 18.4 Å². The smallest absolute Gasteiger partial charge is 0.276 e. The number of anilines is 2. The lowest BCUT2D eigenvalue weighted by molar-refractivity contribution is 0.102. The van der Waals surface area contributed by atoms with E-state index in [4.69, 9.17) is 10.8 Å². The van der Waals surface area contributed by atoms with Crippen LogP contribution in [-0.4, -0.2) is 44.6 Å². The van der Waals surface area contributed by atoms with Gasteiger partial charge >= 0.3 is 0 Å². The predicted molar refractivity (Wildman–Crippen MR) is 144 cm³/mol. The zero-order valence-corrected chi connectivity index (χ0v) is 21.5. The molecule has 1 amide bonds. The van der Waals surface area contributed by atoms with E-state index in [1.54, 1.807) is 0 Å². The van der Waals surface area contributed by atoms with Gasteiger partial charge in [-0.3, -0.25) is 14.3 Å². The molecule has 4 aromatic rings. The van der Waals surface area contributed by atoms with Crippen molar-refractivity contribution in [2.24, 2.45) is 11.7 Å². The maximum absolute atomic E-state index is 14.4. The lowest BCUT2D eigenvalue weighted by Crippen LogP contribution is -2.29. The summed E-state index contributed by atoms with van der Waals surface area (Å²) >= 11 is 0. The van der Waals surface area contributed by atoms with Crippen molar-refractivity contribution in [3.8, 4) is 5.69 Å². The number of para-hydroxylation sites is 1. The summed E-state index contributed by atoms with van der Waals surface area (Å²) < 4.78 is 31.4. The molecule has 3 N–H and O–H groups in total. The van der Waals surface area contributed by atoms with Crippen LogP contribution in [0.25, 0.3) is 16.6 Å². The Bertz CT molecular complexity index is 1600. The highest BCUT2D eigenvalue weighted by Gasteiger charge is 2.31. The van der Waals surface area contributed by atoms with Gasteiger partial charge in [-0.05, 0) is 49.1 Å². The number of nitrogens with zero attached hydrogens (tertiary/aromatic N) is 5. The first-order chi connectivity index (χ1) is 18.8. The number of hydrogen-bond donors (Lipinski definition) is 2. The molecule has 1 aliphatic carbocycles. The number of halogens is 2. The molecule has 0 spiro atoms. The van der Waals surface area contributed by atoms with Gasteiger partial charge in [0.15, 0.2) is 11.6 Å². The van der Waals surface area contributed by atoms with E-state index in [1.807, 2.05) is 18.3 Å². The minimum Gasteiger partial charge on any atom is -0.367 e. The summed E-state index contributed by atoms with van der Waals surface area (Å²) in [5, 5.41) is 12.5. The van der Waals surface area contributed by atoms with Gasteiger partial charge in [-0.1, -0.05) is 25.8 Å². The highest BCUT2D eigenvalue weighted by atomic mass is 19.1. The van der Waals surface area contributed by atoms with Crippen molar-refractivity contribution in [2.75, 3.05) is 23.3 Å². The summed E-state index contributed by atoms with van der Waals surface area (Å²) in [7, 11) is 0. The van der Waals surface area contributed by atoms with Crippen molar-refractivity contribution >= 4 is 28.2 Å². The number of aromatic nitrogens is 4. The van der Waals surface area contributed by atoms with E-state index >= 15 is 0 Å². The van der Waals surface area contributed by atoms with E-state index in [2.05, 4.69) is 26.9 Å². The van der Waals surface area contributed by atoms with Crippen LogP contribution in [0, 0.1) is 17.6 Å². The first-order valence-corrected chi connectivity index (χ1v) is 13.2. The summed E-state index contributed by atoms with van der Waals surface area (Å²) in [5.41, 5.74) is 7.12. The Hall–Kier alpha value is -4.12. The third kappa shape index (κ3) is 4.46. The molecule has 2 aromatic carbocycles. The average Bonchev–Trinajstić information content (AvgIpc) is 3.65. The van der Waals surface area contributed by atoms with E-state index < -0.39 is 28.8 Å². The Balaban J connectivity index is 1.40. The maximum Gasteiger partial charge on any atom is 0.276 e. The molecular formula is C28H29F2N7O2. The summed E-state index contributed by atoms with van der Waals surface area (Å²) in [5.74, 6) is -2.29. The maximum atomic E-state index is 14.4. The number of nitrogens with two attached hydrogens (primary N) is 1. The van der Waals surface area contributed by atoms with Gasteiger partial charge in [-0.2, -0.15) is 14.9 Å². The third-order valence-electron chi connectivity index (χ3n) is 7.84. The fraction of sp³-hybridized carbons (Fsp3) is 0.357. The van der Waals surface area contributed by atoms with Crippen LogP contribution in [0.3, 0.4) is 0 Å². The SMILES string of the molecule is C[C@@H]1CN(c2c(NC(=O)c3ccc(=O)n(-c4c(F)cccc4F)n3)ccc3c2cnn3C2CCCC2)C[C@@H]1N. The van der Waals surface area contributed by atoms with Gasteiger partial charge in [0.1, 0.15) is 11.4 Å². The fourth-order valence-corrected chi connectivity index (χ4v) is 5.73. The number of carbonyl (C=O) groups is 1. The van der Waals surface area contributed by atoms with Crippen LogP contribution in [-0.2, 0) is 0 Å². The molecular weight excluding hydrogens is 504 g/mol. The van der Waals surface area contributed by atoms with E-state index in [0.29, 0.717) is 29.5 Å². The molecule has 3 heterocycles. The third-order valence-corrected chi connectivity index (χ3v) is 7.84. The second-order valence-corrected chi connectivity index (χ2v) is 10.5. The highest BCUT2D eigenvalue weighted by molar-refractivity contribution is 6.09. The molecule has 11 heteroatoms. The van der Waals surface area contributed by atoms with Crippen molar-refractivity contribution in [1.82, 2.24) is 19.6 Å². The number of hydrogen-bond acceptors (Lipinski definition) is 6. The molecule has 39 heavy (non-hydrogen) atoms. The Morgan fingerprint density at radius 3 is 2.46 bits per heavy atom. The van der Waals surface area contributed by atoms with Crippen molar-refractivity contribution < 1.29 is 13.6 Å². The zero-order valence-electron chi connectivity index (χ0n) is 21.5. The van der Waals surface area contributed by atoms with Gasteiger partial charge < -0.3 is 16.0 Å². The van der Waals surface area contributed by atoms with E-state index in [1.165, 1.54) is 25.0 Å². The van der Waals surface area contributed by atoms with Crippen molar-refractivity contribution in [2.45, 2.75) is 44.7 Å². The van der Waals surface area contributed by atoms with Crippen molar-refractivity contribution in [1.29, 1.82) is 0 Å². The predicted octanol–water partition coefficient (Wildman–Crippen LogP) is 4.01. The van der Waals surface area contributed by atoms with Crippen molar-refractivity contribution in [3.05, 3.63) is 76.3 Å². The summed E-state index contributed by atoms with van der Waals surface area (Å²) in [6.07, 6.45) is 6.36. The molecule has 2 aliphatic rings. The fourth-order valence-electron chi connectivity index (χ4n) is 5.73. The van der Waals surface area contributed by atoms with E-state index in [-0.39, 0.29) is 17.7 Å². The largest absolute Gasteiger partial charge is 0.367 e. The number of rotatable bonds is 5. The lowest BCUT2D eigenvalue weighted by Gasteiger charge is -2.23. The summed E-state index contributed by atoms with van der Waals surface area (Å²) in [4.78, 5) is 28.0. The van der Waals surface area contributed by atoms with Crippen LogP contribution in [0.1, 0.15) is 49.1 Å². The zero-order chi connectivity index (χ0) is 27.3. The first-order valence-electron chi connectivity index (χ1n) is 13.2. The molecule has 9 nitrogen and oxygen atoms in total. The minimum atomic E-state index is -0.964. The molecule has 202 valence electrons. The minimum absolute atomic E-state index is 0.0189. The monoisotopic (exact) mass is 533 g/mol. The van der Waals surface area contributed by atoms with Gasteiger partial charge in [0, 0.05) is 30.6 Å². The second-order valence-electron chi connectivity index (χ2n) is 10.5. The van der Waals surface area contributed by atoms with Crippen LogP contribution in [0.15, 0.2) is 53.5 Å².